The van der Waals surface area contributed by atoms with Crippen LogP contribution in [0.25, 0.3) is 0 Å². The van der Waals surface area contributed by atoms with Gasteiger partial charge in [0.05, 0.1) is 4.90 Å². The van der Waals surface area contributed by atoms with Gasteiger partial charge < -0.3 is 11.1 Å². The maximum Gasteiger partial charge on any atom is 0.240 e. The minimum Gasteiger partial charge on any atom is -0.381 e. The van der Waals surface area contributed by atoms with Crippen LogP contribution in [0, 0.1) is 6.92 Å². The summed E-state index contributed by atoms with van der Waals surface area (Å²) >= 11 is 0. The summed E-state index contributed by atoms with van der Waals surface area (Å²) in [5.41, 5.74) is 7.30. The quantitative estimate of drug-likeness (QED) is 0.723. The van der Waals surface area contributed by atoms with Crippen molar-refractivity contribution in [2.24, 2.45) is 5.73 Å². The van der Waals surface area contributed by atoms with Crippen molar-refractivity contribution in [1.29, 1.82) is 0 Å². The summed E-state index contributed by atoms with van der Waals surface area (Å²) in [5.74, 6) is 0. The molecule has 0 aliphatic heterocycles. The molecule has 1 aromatic carbocycles. The molecule has 17 heavy (non-hydrogen) atoms. The molecule has 0 fully saturated rings. The van der Waals surface area contributed by atoms with Gasteiger partial charge in [-0.15, -0.1) is 0 Å². The van der Waals surface area contributed by atoms with Gasteiger partial charge in [0.1, 0.15) is 0 Å². The van der Waals surface area contributed by atoms with Crippen LogP contribution in [0.1, 0.15) is 12.5 Å². The largest absolute Gasteiger partial charge is 0.381 e. The summed E-state index contributed by atoms with van der Waals surface area (Å²) in [4.78, 5) is 0.248. The van der Waals surface area contributed by atoms with Crippen molar-refractivity contribution in [2.75, 3.05) is 18.9 Å². The topological polar surface area (TPSA) is 84.2 Å². The van der Waals surface area contributed by atoms with Gasteiger partial charge in [0.2, 0.25) is 10.0 Å². The zero-order valence-electron chi connectivity index (χ0n) is 10.3. The van der Waals surface area contributed by atoms with Crippen LogP contribution < -0.4 is 15.8 Å². The SMILES string of the molecule is CNS(=O)(=O)c1ccc(C)c(NC(C)CN)c1. The molecule has 0 aliphatic rings. The Hall–Kier alpha value is -1.11. The van der Waals surface area contributed by atoms with Gasteiger partial charge >= 0.3 is 0 Å². The molecule has 0 heterocycles. The van der Waals surface area contributed by atoms with Crippen molar-refractivity contribution in [3.05, 3.63) is 23.8 Å². The van der Waals surface area contributed by atoms with E-state index in [0.29, 0.717) is 6.54 Å². The van der Waals surface area contributed by atoms with E-state index in [1.54, 1.807) is 18.2 Å². The van der Waals surface area contributed by atoms with Crippen molar-refractivity contribution in [2.45, 2.75) is 24.8 Å². The van der Waals surface area contributed by atoms with Gasteiger partial charge in [0.25, 0.3) is 0 Å². The van der Waals surface area contributed by atoms with Gasteiger partial charge in [-0.3, -0.25) is 0 Å². The summed E-state index contributed by atoms with van der Waals surface area (Å²) in [7, 11) is -2.01. The van der Waals surface area contributed by atoms with E-state index in [1.807, 2.05) is 13.8 Å². The maximum absolute atomic E-state index is 11.7. The maximum atomic E-state index is 11.7. The molecule has 1 unspecified atom stereocenters. The van der Waals surface area contributed by atoms with Crippen LogP contribution in [0.4, 0.5) is 5.69 Å². The smallest absolute Gasteiger partial charge is 0.240 e. The molecular weight excluding hydrogens is 238 g/mol. The standard InChI is InChI=1S/C11H19N3O2S/c1-8-4-5-10(17(15,16)13-3)6-11(8)14-9(2)7-12/h4-6,9,13-14H,7,12H2,1-3H3. The molecule has 0 amide bonds. The lowest BCUT2D eigenvalue weighted by atomic mass is 10.2. The van der Waals surface area contributed by atoms with Crippen LogP contribution in [-0.4, -0.2) is 28.1 Å². The van der Waals surface area contributed by atoms with Gasteiger partial charge in [0, 0.05) is 18.3 Å². The Labute approximate surface area is 102 Å². The van der Waals surface area contributed by atoms with Crippen molar-refractivity contribution in [3.63, 3.8) is 0 Å². The third-order valence-corrected chi connectivity index (χ3v) is 3.96. The number of hydrogen-bond acceptors (Lipinski definition) is 4. The van der Waals surface area contributed by atoms with Crippen molar-refractivity contribution in [1.82, 2.24) is 4.72 Å². The molecule has 4 N–H and O–H groups in total. The number of anilines is 1. The Kier molecular flexibility index (Phi) is 4.50. The van der Waals surface area contributed by atoms with Gasteiger partial charge in [-0.05, 0) is 38.6 Å². The minimum absolute atomic E-state index is 0.0984. The average Bonchev–Trinajstić information content (AvgIpc) is 2.31. The molecule has 0 saturated heterocycles. The molecule has 0 aliphatic carbocycles. The molecule has 0 saturated carbocycles. The highest BCUT2D eigenvalue weighted by Crippen LogP contribution is 2.20. The predicted molar refractivity (Wildman–Crippen MR) is 69.6 cm³/mol. The summed E-state index contributed by atoms with van der Waals surface area (Å²) < 4.78 is 25.6. The number of rotatable bonds is 5. The van der Waals surface area contributed by atoms with Crippen LogP contribution in [0.5, 0.6) is 0 Å². The number of nitrogens with two attached hydrogens (primary N) is 1. The third kappa shape index (κ3) is 3.42. The van der Waals surface area contributed by atoms with Crippen LogP contribution in [-0.2, 0) is 10.0 Å². The molecular formula is C11H19N3O2S. The monoisotopic (exact) mass is 257 g/mol. The summed E-state index contributed by atoms with van der Waals surface area (Å²) in [6.45, 7) is 4.35. The Morgan fingerprint density at radius 2 is 2.06 bits per heavy atom. The Bertz CT molecular complexity index is 485. The third-order valence-electron chi connectivity index (χ3n) is 2.54. The normalized spacial score (nSPS) is 13.4. The molecule has 0 aromatic heterocycles. The van der Waals surface area contributed by atoms with E-state index < -0.39 is 10.0 Å². The summed E-state index contributed by atoms with van der Waals surface area (Å²) in [5, 5.41) is 3.18. The Morgan fingerprint density at radius 3 is 2.59 bits per heavy atom. The van der Waals surface area contributed by atoms with E-state index in [0.717, 1.165) is 11.3 Å². The van der Waals surface area contributed by atoms with E-state index in [9.17, 15) is 8.42 Å². The lowest BCUT2D eigenvalue weighted by Gasteiger charge is -2.16. The molecule has 1 rings (SSSR count). The molecule has 0 spiro atoms. The van der Waals surface area contributed by atoms with E-state index in [-0.39, 0.29) is 10.9 Å². The fourth-order valence-electron chi connectivity index (χ4n) is 1.37. The highest BCUT2D eigenvalue weighted by molar-refractivity contribution is 7.89. The second kappa shape index (κ2) is 5.48. The fourth-order valence-corrected chi connectivity index (χ4v) is 2.12. The number of hydrogen-bond donors (Lipinski definition) is 3. The second-order valence-corrected chi connectivity index (χ2v) is 5.85. The predicted octanol–water partition coefficient (Wildman–Crippen LogP) is 0.662. The first-order chi connectivity index (χ1) is 7.90. The molecule has 96 valence electrons. The summed E-state index contributed by atoms with van der Waals surface area (Å²) in [6.07, 6.45) is 0. The number of nitrogens with one attached hydrogen (secondary N) is 2. The van der Waals surface area contributed by atoms with Crippen LogP contribution >= 0.6 is 0 Å². The zero-order chi connectivity index (χ0) is 13.1. The second-order valence-electron chi connectivity index (χ2n) is 3.97. The van der Waals surface area contributed by atoms with Crippen LogP contribution in [0.3, 0.4) is 0 Å². The van der Waals surface area contributed by atoms with Gasteiger partial charge in [-0.1, -0.05) is 6.07 Å². The Balaban J connectivity index is 3.11. The van der Waals surface area contributed by atoms with Crippen molar-refractivity contribution < 1.29 is 8.42 Å². The van der Waals surface area contributed by atoms with E-state index in [1.165, 1.54) is 7.05 Å². The van der Waals surface area contributed by atoms with Crippen LogP contribution in [0.2, 0.25) is 0 Å². The minimum atomic E-state index is -3.40. The molecule has 0 bridgehead atoms. The molecule has 6 heteroatoms. The first-order valence-electron chi connectivity index (χ1n) is 5.41. The molecule has 5 nitrogen and oxygen atoms in total. The van der Waals surface area contributed by atoms with Gasteiger partial charge in [-0.25, -0.2) is 13.1 Å². The molecule has 1 aromatic rings. The molecule has 1 atom stereocenters. The lowest BCUT2D eigenvalue weighted by Crippen LogP contribution is -2.26. The average molecular weight is 257 g/mol. The van der Waals surface area contributed by atoms with E-state index >= 15 is 0 Å². The van der Waals surface area contributed by atoms with E-state index in [2.05, 4.69) is 10.0 Å². The number of aryl methyl sites for hydroxylation is 1. The Morgan fingerprint density at radius 1 is 1.41 bits per heavy atom. The zero-order valence-corrected chi connectivity index (χ0v) is 11.1. The first-order valence-corrected chi connectivity index (χ1v) is 6.90. The molecule has 0 radical (unpaired) electrons. The fraction of sp³-hybridized carbons (Fsp3) is 0.455. The van der Waals surface area contributed by atoms with Crippen molar-refractivity contribution >= 4 is 15.7 Å². The number of benzene rings is 1. The summed E-state index contributed by atoms with van der Waals surface area (Å²) in [6, 6.07) is 5.07. The van der Waals surface area contributed by atoms with Crippen molar-refractivity contribution in [3.8, 4) is 0 Å². The first kappa shape index (κ1) is 14.0. The highest BCUT2D eigenvalue weighted by Gasteiger charge is 2.13. The lowest BCUT2D eigenvalue weighted by molar-refractivity contribution is 0.588. The van der Waals surface area contributed by atoms with Crippen LogP contribution in [0.15, 0.2) is 23.1 Å². The van der Waals surface area contributed by atoms with Gasteiger partial charge in [0.15, 0.2) is 0 Å². The highest BCUT2D eigenvalue weighted by atomic mass is 32.2. The van der Waals surface area contributed by atoms with E-state index in [4.69, 9.17) is 5.73 Å². The van der Waals surface area contributed by atoms with Gasteiger partial charge in [-0.2, -0.15) is 0 Å². The number of sulfonamides is 1.